The molecule has 0 radical (unpaired) electrons. The average Bonchev–Trinajstić information content (AvgIpc) is 3.47. The van der Waals surface area contributed by atoms with Gasteiger partial charge < -0.3 is 14.5 Å². The quantitative estimate of drug-likeness (QED) is 0.858. The van der Waals surface area contributed by atoms with Crippen LogP contribution in [0.2, 0.25) is 0 Å². The third-order valence-corrected chi connectivity index (χ3v) is 5.51. The number of anilines is 2. The SMILES string of the molecule is COc1ccc(C2(C(=O)N3CCCN(C)c4ccccc43)CC2)cc1. The van der Waals surface area contributed by atoms with Gasteiger partial charge in [0.2, 0.25) is 5.91 Å². The smallest absolute Gasteiger partial charge is 0.237 e. The van der Waals surface area contributed by atoms with Crippen LogP contribution in [-0.4, -0.2) is 33.2 Å². The van der Waals surface area contributed by atoms with Crippen molar-refractivity contribution in [1.82, 2.24) is 0 Å². The summed E-state index contributed by atoms with van der Waals surface area (Å²) in [6.45, 7) is 1.74. The van der Waals surface area contributed by atoms with E-state index in [-0.39, 0.29) is 11.3 Å². The highest BCUT2D eigenvalue weighted by molar-refractivity contribution is 6.05. The number of para-hydroxylation sites is 2. The molecule has 0 N–H and O–H groups in total. The van der Waals surface area contributed by atoms with E-state index in [1.54, 1.807) is 7.11 Å². The van der Waals surface area contributed by atoms with Gasteiger partial charge in [-0.3, -0.25) is 4.79 Å². The molecule has 130 valence electrons. The van der Waals surface area contributed by atoms with Crippen LogP contribution in [0.5, 0.6) is 5.75 Å². The van der Waals surface area contributed by atoms with Gasteiger partial charge in [0.1, 0.15) is 5.75 Å². The van der Waals surface area contributed by atoms with Crippen molar-refractivity contribution < 1.29 is 9.53 Å². The maximum atomic E-state index is 13.5. The van der Waals surface area contributed by atoms with Gasteiger partial charge in [-0.25, -0.2) is 0 Å². The van der Waals surface area contributed by atoms with Gasteiger partial charge in [0.15, 0.2) is 0 Å². The number of amides is 1. The molecule has 1 aliphatic carbocycles. The number of rotatable bonds is 3. The summed E-state index contributed by atoms with van der Waals surface area (Å²) < 4.78 is 5.25. The molecule has 2 aromatic rings. The van der Waals surface area contributed by atoms with Crippen LogP contribution < -0.4 is 14.5 Å². The molecule has 1 heterocycles. The predicted molar refractivity (Wildman–Crippen MR) is 101 cm³/mol. The first kappa shape index (κ1) is 16.0. The van der Waals surface area contributed by atoms with Crippen LogP contribution >= 0.6 is 0 Å². The van der Waals surface area contributed by atoms with Gasteiger partial charge in [0, 0.05) is 20.1 Å². The first-order chi connectivity index (χ1) is 12.2. The van der Waals surface area contributed by atoms with Crippen molar-refractivity contribution >= 4 is 17.3 Å². The molecule has 0 atom stereocenters. The first-order valence-electron chi connectivity index (χ1n) is 8.92. The Balaban J connectivity index is 1.69. The van der Waals surface area contributed by atoms with Gasteiger partial charge >= 0.3 is 0 Å². The van der Waals surface area contributed by atoms with Gasteiger partial charge in [-0.1, -0.05) is 24.3 Å². The summed E-state index contributed by atoms with van der Waals surface area (Å²) in [6.07, 6.45) is 2.83. The van der Waals surface area contributed by atoms with E-state index in [0.717, 1.165) is 55.0 Å². The summed E-state index contributed by atoms with van der Waals surface area (Å²) in [7, 11) is 3.76. The molecule has 1 fully saturated rings. The van der Waals surface area contributed by atoms with Crippen molar-refractivity contribution in [3.05, 3.63) is 54.1 Å². The molecule has 0 bridgehead atoms. The first-order valence-corrected chi connectivity index (χ1v) is 8.92. The molecule has 2 aliphatic rings. The number of ether oxygens (including phenoxy) is 1. The van der Waals surface area contributed by atoms with E-state index in [1.165, 1.54) is 0 Å². The van der Waals surface area contributed by atoms with Gasteiger partial charge in [0.05, 0.1) is 23.9 Å². The molecular formula is C21H24N2O2. The fraction of sp³-hybridized carbons (Fsp3) is 0.381. The number of hydrogen-bond donors (Lipinski definition) is 0. The van der Waals surface area contributed by atoms with E-state index < -0.39 is 0 Å². The number of methoxy groups -OCH3 is 1. The lowest BCUT2D eigenvalue weighted by Crippen LogP contribution is -2.40. The molecule has 0 saturated heterocycles. The second kappa shape index (κ2) is 6.10. The van der Waals surface area contributed by atoms with E-state index in [9.17, 15) is 4.79 Å². The number of carbonyl (C=O) groups excluding carboxylic acids is 1. The van der Waals surface area contributed by atoms with E-state index in [1.807, 2.05) is 41.3 Å². The largest absolute Gasteiger partial charge is 0.497 e. The van der Waals surface area contributed by atoms with E-state index in [4.69, 9.17) is 4.74 Å². The minimum absolute atomic E-state index is 0.236. The lowest BCUT2D eigenvalue weighted by Gasteiger charge is -2.28. The molecule has 1 amide bonds. The Morgan fingerprint density at radius 3 is 2.32 bits per heavy atom. The highest BCUT2D eigenvalue weighted by Gasteiger charge is 2.53. The van der Waals surface area contributed by atoms with Crippen LogP contribution in [0, 0.1) is 0 Å². The second-order valence-electron chi connectivity index (χ2n) is 7.03. The molecule has 1 saturated carbocycles. The van der Waals surface area contributed by atoms with Crippen molar-refractivity contribution in [2.45, 2.75) is 24.7 Å². The third kappa shape index (κ3) is 2.66. The Hall–Kier alpha value is -2.49. The lowest BCUT2D eigenvalue weighted by atomic mass is 9.93. The fourth-order valence-electron chi connectivity index (χ4n) is 3.85. The summed E-state index contributed by atoms with van der Waals surface area (Å²) in [4.78, 5) is 17.8. The highest BCUT2D eigenvalue weighted by Crippen LogP contribution is 2.51. The predicted octanol–water partition coefficient (Wildman–Crippen LogP) is 3.60. The standard InChI is InChI=1S/C21H24N2O2/c1-22-14-5-15-23(19-7-4-3-6-18(19)22)20(24)21(12-13-21)16-8-10-17(25-2)11-9-16/h3-4,6-11H,5,12-15H2,1-2H3. The zero-order valence-corrected chi connectivity index (χ0v) is 14.9. The lowest BCUT2D eigenvalue weighted by molar-refractivity contribution is -0.121. The molecule has 4 heteroatoms. The van der Waals surface area contributed by atoms with Crippen LogP contribution in [-0.2, 0) is 10.2 Å². The highest BCUT2D eigenvalue weighted by atomic mass is 16.5. The van der Waals surface area contributed by atoms with E-state index in [2.05, 4.69) is 24.1 Å². The average molecular weight is 336 g/mol. The van der Waals surface area contributed by atoms with Crippen LogP contribution in [0.15, 0.2) is 48.5 Å². The summed E-state index contributed by atoms with van der Waals surface area (Å²) >= 11 is 0. The monoisotopic (exact) mass is 336 g/mol. The van der Waals surface area contributed by atoms with E-state index >= 15 is 0 Å². The van der Waals surface area contributed by atoms with Crippen molar-refractivity contribution in [2.75, 3.05) is 37.0 Å². The molecule has 1 aliphatic heterocycles. The minimum Gasteiger partial charge on any atom is -0.497 e. The number of hydrogen-bond acceptors (Lipinski definition) is 3. The number of nitrogens with zero attached hydrogens (tertiary/aromatic N) is 2. The van der Waals surface area contributed by atoms with Gasteiger partial charge in [-0.15, -0.1) is 0 Å². The van der Waals surface area contributed by atoms with Crippen LogP contribution in [0.4, 0.5) is 11.4 Å². The molecule has 4 rings (SSSR count). The third-order valence-electron chi connectivity index (χ3n) is 5.51. The zero-order chi connectivity index (χ0) is 17.4. The minimum atomic E-state index is -0.359. The summed E-state index contributed by atoms with van der Waals surface area (Å²) in [5.41, 5.74) is 2.92. The van der Waals surface area contributed by atoms with Crippen molar-refractivity contribution in [3.63, 3.8) is 0 Å². The molecule has 0 unspecified atom stereocenters. The van der Waals surface area contributed by atoms with Gasteiger partial charge in [-0.2, -0.15) is 0 Å². The molecule has 25 heavy (non-hydrogen) atoms. The van der Waals surface area contributed by atoms with Crippen molar-refractivity contribution in [1.29, 1.82) is 0 Å². The number of fused-ring (bicyclic) bond motifs is 1. The van der Waals surface area contributed by atoms with Gasteiger partial charge in [-0.05, 0) is 49.1 Å². The second-order valence-corrected chi connectivity index (χ2v) is 7.03. The molecule has 2 aromatic carbocycles. The molecular weight excluding hydrogens is 312 g/mol. The Morgan fingerprint density at radius 1 is 1.00 bits per heavy atom. The Bertz CT molecular complexity index is 781. The fourth-order valence-corrected chi connectivity index (χ4v) is 3.85. The summed E-state index contributed by atoms with van der Waals surface area (Å²) in [6, 6.07) is 16.2. The van der Waals surface area contributed by atoms with Crippen molar-refractivity contribution in [2.24, 2.45) is 0 Å². The zero-order valence-electron chi connectivity index (χ0n) is 14.9. The number of benzene rings is 2. The molecule has 0 aromatic heterocycles. The maximum absolute atomic E-state index is 13.5. The Labute approximate surface area is 149 Å². The Kier molecular flexibility index (Phi) is 3.91. The Morgan fingerprint density at radius 2 is 1.68 bits per heavy atom. The topological polar surface area (TPSA) is 32.8 Å². The summed E-state index contributed by atoms with van der Waals surface area (Å²) in [5, 5.41) is 0. The number of carbonyl (C=O) groups is 1. The van der Waals surface area contributed by atoms with Gasteiger partial charge in [0.25, 0.3) is 0 Å². The maximum Gasteiger partial charge on any atom is 0.237 e. The normalized spacial score (nSPS) is 18.3. The van der Waals surface area contributed by atoms with Crippen molar-refractivity contribution in [3.8, 4) is 5.75 Å². The molecule has 0 spiro atoms. The summed E-state index contributed by atoms with van der Waals surface area (Å²) in [5.74, 6) is 1.06. The van der Waals surface area contributed by atoms with E-state index in [0.29, 0.717) is 0 Å². The van der Waals surface area contributed by atoms with Crippen LogP contribution in [0.25, 0.3) is 0 Å². The van der Waals surface area contributed by atoms with Crippen LogP contribution in [0.1, 0.15) is 24.8 Å². The van der Waals surface area contributed by atoms with Crippen LogP contribution in [0.3, 0.4) is 0 Å². The molecule has 4 nitrogen and oxygen atoms in total.